The number of carbonyl (C=O) groups is 2. The van der Waals surface area contributed by atoms with Gasteiger partial charge in [-0.3, -0.25) is 14.6 Å². The van der Waals surface area contributed by atoms with Crippen LogP contribution in [0.25, 0.3) is 11.4 Å². The summed E-state index contributed by atoms with van der Waals surface area (Å²) in [6, 6.07) is 12.1. The zero-order valence-electron chi connectivity index (χ0n) is 16.9. The van der Waals surface area contributed by atoms with Crippen molar-refractivity contribution in [2.75, 3.05) is 11.5 Å². The molecule has 0 N–H and O–H groups in total. The first-order valence-electron chi connectivity index (χ1n) is 9.92. The molecule has 11 heteroatoms. The number of fused-ring (bicyclic) bond motifs is 1. The lowest BCUT2D eigenvalue weighted by Gasteiger charge is -2.19. The number of imide groups is 1. The van der Waals surface area contributed by atoms with Crippen molar-refractivity contribution in [3.05, 3.63) is 59.4 Å². The fourth-order valence-electron chi connectivity index (χ4n) is 3.68. The third-order valence-corrected chi connectivity index (χ3v) is 5.47. The van der Waals surface area contributed by atoms with E-state index in [2.05, 4.69) is 20.5 Å². The minimum absolute atomic E-state index is 0.0260. The Kier molecular flexibility index (Phi) is 5.06. The van der Waals surface area contributed by atoms with Crippen LogP contribution in [0.5, 0.6) is 5.75 Å². The van der Waals surface area contributed by atoms with E-state index >= 15 is 0 Å². The van der Waals surface area contributed by atoms with Crippen molar-refractivity contribution in [3.8, 4) is 17.1 Å². The molecule has 0 radical (unpaired) electrons. The Balaban J connectivity index is 1.34. The highest BCUT2D eigenvalue weighted by molar-refractivity contribution is 6.33. The van der Waals surface area contributed by atoms with Gasteiger partial charge in [0.2, 0.25) is 11.7 Å². The average Bonchev–Trinajstić information content (AvgIpc) is 3.48. The zero-order chi connectivity index (χ0) is 22.2. The van der Waals surface area contributed by atoms with Gasteiger partial charge in [-0.25, -0.2) is 4.90 Å². The number of aromatic nitrogens is 2. The third-order valence-electron chi connectivity index (χ3n) is 5.14. The number of rotatable bonds is 6. The van der Waals surface area contributed by atoms with Crippen LogP contribution < -0.4 is 9.64 Å². The molecule has 10 nitrogen and oxygen atoms in total. The van der Waals surface area contributed by atoms with Crippen LogP contribution in [-0.2, 0) is 16.1 Å². The van der Waals surface area contributed by atoms with Gasteiger partial charge in [-0.15, -0.1) is 0 Å². The average molecular weight is 453 g/mol. The molecule has 0 saturated carbocycles. The quantitative estimate of drug-likeness (QED) is 0.527. The first-order chi connectivity index (χ1) is 15.6. The lowest BCUT2D eigenvalue weighted by molar-refractivity contribution is -0.123. The van der Waals surface area contributed by atoms with Crippen LogP contribution in [-0.4, -0.2) is 45.7 Å². The van der Waals surface area contributed by atoms with Crippen LogP contribution in [0.3, 0.4) is 0 Å². The van der Waals surface area contributed by atoms with E-state index in [1.165, 1.54) is 5.01 Å². The maximum atomic E-state index is 13.1. The first kappa shape index (κ1) is 20.1. The van der Waals surface area contributed by atoms with E-state index in [0.29, 0.717) is 34.5 Å². The van der Waals surface area contributed by atoms with Crippen LogP contribution in [0.1, 0.15) is 12.8 Å². The van der Waals surface area contributed by atoms with Crippen molar-refractivity contribution < 1.29 is 18.8 Å². The molecular weight excluding hydrogens is 436 g/mol. The number of amides is 2. The summed E-state index contributed by atoms with van der Waals surface area (Å²) in [5.74, 6) is 0.350. The molecule has 3 heterocycles. The molecular formula is C21H17ClN6O4. The van der Waals surface area contributed by atoms with E-state index in [0.717, 1.165) is 4.90 Å². The normalized spacial score (nSPS) is 19.7. The molecule has 0 aliphatic carbocycles. The van der Waals surface area contributed by atoms with Crippen molar-refractivity contribution in [2.24, 2.45) is 10.3 Å². The van der Waals surface area contributed by atoms with Gasteiger partial charge in [0, 0.05) is 5.56 Å². The summed E-state index contributed by atoms with van der Waals surface area (Å²) < 4.78 is 10.7. The molecule has 162 valence electrons. The molecule has 2 amide bonds. The van der Waals surface area contributed by atoms with Crippen molar-refractivity contribution >= 4 is 29.1 Å². The van der Waals surface area contributed by atoms with Gasteiger partial charge in [-0.1, -0.05) is 34.1 Å². The Morgan fingerprint density at radius 1 is 1.09 bits per heavy atom. The summed E-state index contributed by atoms with van der Waals surface area (Å²) >= 11 is 6.19. The first-order valence-corrected chi connectivity index (χ1v) is 10.3. The van der Waals surface area contributed by atoms with E-state index in [-0.39, 0.29) is 12.4 Å². The number of hydrogen-bond acceptors (Lipinski definition) is 9. The number of hydrogen-bond donors (Lipinski definition) is 0. The Hall–Kier alpha value is -3.79. The number of nitrogens with zero attached hydrogens (tertiary/aromatic N) is 6. The summed E-state index contributed by atoms with van der Waals surface area (Å²) in [6.07, 6.45) is 0. The number of carbonyl (C=O) groups excluding carboxylic acids is 2. The second kappa shape index (κ2) is 8.04. The summed E-state index contributed by atoms with van der Waals surface area (Å²) in [7, 11) is 0. The van der Waals surface area contributed by atoms with E-state index in [1.807, 2.05) is 13.0 Å². The van der Waals surface area contributed by atoms with E-state index in [4.69, 9.17) is 20.9 Å². The van der Waals surface area contributed by atoms with E-state index < -0.39 is 23.9 Å². The molecule has 1 fully saturated rings. The van der Waals surface area contributed by atoms with Gasteiger partial charge >= 0.3 is 0 Å². The summed E-state index contributed by atoms with van der Waals surface area (Å²) in [5, 5.41) is 13.8. The third kappa shape index (κ3) is 3.38. The van der Waals surface area contributed by atoms with Crippen LogP contribution in [0.15, 0.2) is 63.4 Å². The van der Waals surface area contributed by atoms with Gasteiger partial charge in [-0.05, 0) is 43.3 Å². The Morgan fingerprint density at radius 3 is 2.62 bits per heavy atom. The van der Waals surface area contributed by atoms with Gasteiger partial charge in [0.1, 0.15) is 12.3 Å². The van der Waals surface area contributed by atoms with Gasteiger partial charge in [0.25, 0.3) is 11.8 Å². The monoisotopic (exact) mass is 452 g/mol. The highest BCUT2D eigenvalue weighted by Crippen LogP contribution is 2.33. The Bertz CT molecular complexity index is 1210. The molecule has 0 unspecified atom stereocenters. The second-order valence-corrected chi connectivity index (χ2v) is 7.53. The summed E-state index contributed by atoms with van der Waals surface area (Å²) in [4.78, 5) is 31.4. The molecule has 1 aromatic heterocycles. The van der Waals surface area contributed by atoms with Crippen molar-refractivity contribution in [1.29, 1.82) is 0 Å². The molecule has 0 spiro atoms. The van der Waals surface area contributed by atoms with Crippen LogP contribution in [0.2, 0.25) is 5.02 Å². The molecule has 2 aliphatic heterocycles. The highest BCUT2D eigenvalue weighted by Gasteiger charge is 2.55. The predicted molar refractivity (Wildman–Crippen MR) is 113 cm³/mol. The molecule has 2 atom stereocenters. The fraction of sp³-hybridized carbons (Fsp3) is 0.238. The van der Waals surface area contributed by atoms with Gasteiger partial charge in [0.05, 0.1) is 17.3 Å². The minimum Gasteiger partial charge on any atom is -0.494 e. The second-order valence-electron chi connectivity index (χ2n) is 7.12. The molecule has 2 aliphatic rings. The van der Waals surface area contributed by atoms with Crippen LogP contribution in [0.4, 0.5) is 5.69 Å². The highest BCUT2D eigenvalue weighted by atomic mass is 35.5. The zero-order valence-corrected chi connectivity index (χ0v) is 17.6. The van der Waals surface area contributed by atoms with Gasteiger partial charge < -0.3 is 9.26 Å². The lowest BCUT2D eigenvalue weighted by atomic mass is 10.1. The molecule has 2 aromatic carbocycles. The smallest absolute Gasteiger partial charge is 0.263 e. The number of halogens is 1. The van der Waals surface area contributed by atoms with E-state index in [1.54, 1.807) is 42.5 Å². The minimum atomic E-state index is -0.917. The summed E-state index contributed by atoms with van der Waals surface area (Å²) in [5.41, 5.74) is 1.07. The molecule has 1 saturated heterocycles. The van der Waals surface area contributed by atoms with Crippen LogP contribution >= 0.6 is 11.6 Å². The largest absolute Gasteiger partial charge is 0.494 e. The van der Waals surface area contributed by atoms with Crippen LogP contribution in [0, 0.1) is 0 Å². The predicted octanol–water partition coefficient (Wildman–Crippen LogP) is 3.28. The van der Waals surface area contributed by atoms with Gasteiger partial charge in [0.15, 0.2) is 12.1 Å². The maximum Gasteiger partial charge on any atom is 0.263 e. The topological polar surface area (TPSA) is 113 Å². The van der Waals surface area contributed by atoms with Crippen molar-refractivity contribution in [1.82, 2.24) is 15.1 Å². The number of ether oxygens (including phenoxy) is 1. The van der Waals surface area contributed by atoms with Crippen molar-refractivity contribution in [2.45, 2.75) is 25.6 Å². The molecule has 3 aromatic rings. The molecule has 0 bridgehead atoms. The Morgan fingerprint density at radius 2 is 1.88 bits per heavy atom. The number of anilines is 1. The van der Waals surface area contributed by atoms with Crippen molar-refractivity contribution in [3.63, 3.8) is 0 Å². The maximum absolute atomic E-state index is 13.1. The fourth-order valence-corrected chi connectivity index (χ4v) is 3.90. The lowest BCUT2D eigenvalue weighted by Crippen LogP contribution is -2.39. The molecule has 5 rings (SSSR count). The standard InChI is InChI=1S/C21H17ClN6O4/c1-2-31-13-9-7-12(8-10-13)28-20(29)17-18(21(28)30)27(26-24-17)11-16-23-19(25-32-16)14-5-3-4-6-15(14)22/h3-10,17-18H,2,11H2,1H3/t17-,18+/m1/s1. The molecule has 32 heavy (non-hydrogen) atoms. The van der Waals surface area contributed by atoms with Gasteiger partial charge in [-0.2, -0.15) is 10.1 Å². The number of benzene rings is 2. The SMILES string of the molecule is CCOc1ccc(N2C(=O)[C@@H]3[C@@H](N=NN3Cc3nc(-c4ccccc4Cl)no3)C2=O)cc1. The Labute approximate surface area is 187 Å². The van der Waals surface area contributed by atoms with E-state index in [9.17, 15) is 9.59 Å². The summed E-state index contributed by atoms with van der Waals surface area (Å²) in [6.45, 7) is 2.43.